The number of fused-ring (bicyclic) bond motifs is 1. The van der Waals surface area contributed by atoms with Crippen molar-refractivity contribution in [2.75, 3.05) is 6.61 Å². The number of ether oxygens (including phenoxy) is 1. The van der Waals surface area contributed by atoms with Gasteiger partial charge in [-0.2, -0.15) is 0 Å². The van der Waals surface area contributed by atoms with Crippen molar-refractivity contribution in [1.82, 2.24) is 4.98 Å². The van der Waals surface area contributed by atoms with Crippen LogP contribution in [0.1, 0.15) is 25.1 Å². The summed E-state index contributed by atoms with van der Waals surface area (Å²) in [5.74, 6) is 0.783. The molecule has 0 aliphatic carbocycles. The van der Waals surface area contributed by atoms with E-state index in [9.17, 15) is 0 Å². The second-order valence-corrected chi connectivity index (χ2v) is 6.73. The molecule has 122 valence electrons. The lowest BCUT2D eigenvalue weighted by Gasteiger charge is -2.14. The molecule has 1 heterocycles. The van der Waals surface area contributed by atoms with Crippen molar-refractivity contribution >= 4 is 39.4 Å². The lowest BCUT2D eigenvalue weighted by Crippen LogP contribution is -2.06. The van der Waals surface area contributed by atoms with Gasteiger partial charge in [-0.3, -0.25) is 10.4 Å². The Morgan fingerprint density at radius 1 is 1.48 bits per heavy atom. The highest BCUT2D eigenvalue weighted by molar-refractivity contribution is 8.13. The maximum atomic E-state index is 7.67. The summed E-state index contributed by atoms with van der Waals surface area (Å²) in [6.07, 6.45) is 2.59. The first-order valence-electron chi connectivity index (χ1n) is 7.32. The van der Waals surface area contributed by atoms with Crippen molar-refractivity contribution in [2.45, 2.75) is 32.1 Å². The van der Waals surface area contributed by atoms with Gasteiger partial charge in [0.2, 0.25) is 0 Å². The first-order chi connectivity index (χ1) is 10.9. The number of allylic oxidation sites excluding steroid dienone is 2. The molecule has 0 aliphatic rings. The monoisotopic (exact) mass is 349 g/mol. The van der Waals surface area contributed by atoms with Gasteiger partial charge in [0.1, 0.15) is 5.75 Å². The number of hydrogen-bond donors (Lipinski definition) is 2. The molecule has 0 spiro atoms. The molecule has 2 aromatic rings. The highest BCUT2D eigenvalue weighted by Crippen LogP contribution is 2.34. The van der Waals surface area contributed by atoms with Gasteiger partial charge in [-0.15, -0.1) is 0 Å². The van der Waals surface area contributed by atoms with Crippen molar-refractivity contribution in [1.29, 1.82) is 5.41 Å². The lowest BCUT2D eigenvalue weighted by molar-refractivity contribution is 0.340. The number of rotatable bonds is 5. The first kappa shape index (κ1) is 17.6. The van der Waals surface area contributed by atoms with E-state index in [1.54, 1.807) is 0 Å². The quantitative estimate of drug-likeness (QED) is 0.469. The van der Waals surface area contributed by atoms with E-state index >= 15 is 0 Å². The van der Waals surface area contributed by atoms with Crippen molar-refractivity contribution in [3.05, 3.63) is 40.6 Å². The maximum Gasteiger partial charge on any atom is 0.155 e. The van der Waals surface area contributed by atoms with Crippen LogP contribution in [-0.2, 0) is 6.42 Å². The van der Waals surface area contributed by atoms with Gasteiger partial charge >= 0.3 is 0 Å². The van der Waals surface area contributed by atoms with E-state index in [0.29, 0.717) is 13.0 Å². The SMILES string of the molecule is CCOc1ccc2nc(C)c(CC=C(C)Cl)c(SC(=N)N)c2c1. The summed E-state index contributed by atoms with van der Waals surface area (Å²) in [5, 5.41) is 9.39. The van der Waals surface area contributed by atoms with Crippen molar-refractivity contribution < 1.29 is 4.74 Å². The molecule has 2 rings (SSSR count). The topological polar surface area (TPSA) is 72.0 Å². The molecule has 0 saturated heterocycles. The van der Waals surface area contributed by atoms with Gasteiger partial charge in [-0.1, -0.05) is 29.4 Å². The minimum atomic E-state index is 0.0477. The Hall–Kier alpha value is -1.72. The average Bonchev–Trinajstić information content (AvgIpc) is 2.46. The summed E-state index contributed by atoms with van der Waals surface area (Å²) < 4.78 is 5.59. The number of aryl methyl sites for hydroxylation is 1. The summed E-state index contributed by atoms with van der Waals surface area (Å²) in [5.41, 5.74) is 8.46. The zero-order valence-corrected chi connectivity index (χ0v) is 15.0. The fourth-order valence-electron chi connectivity index (χ4n) is 2.34. The van der Waals surface area contributed by atoms with Crippen molar-refractivity contribution in [2.24, 2.45) is 5.73 Å². The minimum absolute atomic E-state index is 0.0477. The first-order valence-corrected chi connectivity index (χ1v) is 8.52. The Labute approximate surface area is 145 Å². The van der Waals surface area contributed by atoms with Crippen LogP contribution in [0, 0.1) is 12.3 Å². The second-order valence-electron chi connectivity index (χ2n) is 5.08. The highest BCUT2D eigenvalue weighted by atomic mass is 35.5. The van der Waals surface area contributed by atoms with Crippen molar-refractivity contribution in [3.63, 3.8) is 0 Å². The predicted molar refractivity (Wildman–Crippen MR) is 98.7 cm³/mol. The molecule has 0 atom stereocenters. The Kier molecular flexibility index (Phi) is 5.91. The van der Waals surface area contributed by atoms with Gasteiger partial charge in [0.15, 0.2) is 5.17 Å². The number of amidine groups is 1. The number of hydrogen-bond acceptors (Lipinski definition) is 4. The molecule has 1 aromatic heterocycles. The number of nitrogens with zero attached hydrogens (tertiary/aromatic N) is 1. The van der Waals surface area contributed by atoms with Gasteiger partial charge in [-0.25, -0.2) is 0 Å². The number of halogens is 1. The predicted octanol–water partition coefficient (Wildman–Crippen LogP) is 4.61. The van der Waals surface area contributed by atoms with Crippen LogP contribution in [0.25, 0.3) is 10.9 Å². The average molecular weight is 350 g/mol. The van der Waals surface area contributed by atoms with Crippen molar-refractivity contribution in [3.8, 4) is 5.75 Å². The molecule has 0 saturated carbocycles. The molecule has 6 heteroatoms. The highest BCUT2D eigenvalue weighted by Gasteiger charge is 2.14. The molecule has 0 amide bonds. The molecule has 0 aliphatic heterocycles. The van der Waals surface area contributed by atoms with Crippen LogP contribution in [-0.4, -0.2) is 16.8 Å². The summed E-state index contributed by atoms with van der Waals surface area (Å²) in [6.45, 7) is 6.35. The molecule has 23 heavy (non-hydrogen) atoms. The molecular formula is C17H20ClN3OS. The summed E-state index contributed by atoms with van der Waals surface area (Å²) in [7, 11) is 0. The van der Waals surface area contributed by atoms with E-state index in [-0.39, 0.29) is 5.17 Å². The zero-order chi connectivity index (χ0) is 17.0. The Morgan fingerprint density at radius 2 is 2.22 bits per heavy atom. The van der Waals surface area contributed by atoms with E-state index < -0.39 is 0 Å². The van der Waals surface area contributed by atoms with Crippen LogP contribution >= 0.6 is 23.4 Å². The van der Waals surface area contributed by atoms with E-state index in [4.69, 9.17) is 27.5 Å². The van der Waals surface area contributed by atoms with Crippen LogP contribution in [0.5, 0.6) is 5.75 Å². The van der Waals surface area contributed by atoms with Crippen LogP contribution in [0.15, 0.2) is 34.2 Å². The molecule has 1 aromatic carbocycles. The second kappa shape index (κ2) is 7.70. The summed E-state index contributed by atoms with van der Waals surface area (Å²) >= 11 is 7.21. The standard InChI is InChI=1S/C17H20ClN3OS/c1-4-22-12-6-8-15-14(9-12)16(23-17(19)20)13(11(3)21-15)7-5-10(2)18/h5-6,8-9H,4,7H2,1-3H3,(H3,19,20). The van der Waals surface area contributed by atoms with Gasteiger partial charge in [-0.05, 0) is 51.0 Å². The molecule has 0 radical (unpaired) electrons. The van der Waals surface area contributed by atoms with Crippen LogP contribution < -0.4 is 10.5 Å². The Morgan fingerprint density at radius 3 is 2.83 bits per heavy atom. The van der Waals surface area contributed by atoms with Gasteiger partial charge < -0.3 is 10.5 Å². The third-order valence-corrected chi connectivity index (χ3v) is 4.37. The van der Waals surface area contributed by atoms with E-state index in [1.165, 1.54) is 11.8 Å². The third kappa shape index (κ3) is 4.39. The maximum absolute atomic E-state index is 7.67. The fourth-order valence-corrected chi connectivity index (χ4v) is 3.26. The molecular weight excluding hydrogens is 330 g/mol. The van der Waals surface area contributed by atoms with Gasteiger partial charge in [0, 0.05) is 21.0 Å². The Bertz CT molecular complexity index is 770. The van der Waals surface area contributed by atoms with Crippen LogP contribution in [0.4, 0.5) is 0 Å². The zero-order valence-electron chi connectivity index (χ0n) is 13.4. The third-order valence-electron chi connectivity index (χ3n) is 3.32. The molecule has 3 N–H and O–H groups in total. The number of aromatic nitrogens is 1. The molecule has 0 unspecified atom stereocenters. The molecule has 0 bridgehead atoms. The number of nitrogens with one attached hydrogen (secondary N) is 1. The van der Waals surface area contributed by atoms with Gasteiger partial charge in [0.05, 0.1) is 12.1 Å². The number of benzene rings is 1. The molecule has 4 nitrogen and oxygen atoms in total. The summed E-state index contributed by atoms with van der Waals surface area (Å²) in [4.78, 5) is 5.61. The number of pyridine rings is 1. The fraction of sp³-hybridized carbons (Fsp3) is 0.294. The minimum Gasteiger partial charge on any atom is -0.494 e. The smallest absolute Gasteiger partial charge is 0.155 e. The summed E-state index contributed by atoms with van der Waals surface area (Å²) in [6, 6.07) is 5.80. The number of nitrogens with two attached hydrogens (primary N) is 1. The van der Waals surface area contributed by atoms with Crippen LogP contribution in [0.3, 0.4) is 0 Å². The van der Waals surface area contributed by atoms with E-state index in [0.717, 1.165) is 37.8 Å². The van der Waals surface area contributed by atoms with E-state index in [1.807, 2.05) is 45.0 Å². The Balaban J connectivity index is 2.68. The largest absolute Gasteiger partial charge is 0.494 e. The van der Waals surface area contributed by atoms with Gasteiger partial charge in [0.25, 0.3) is 0 Å². The number of thioether (sulfide) groups is 1. The van der Waals surface area contributed by atoms with E-state index in [2.05, 4.69) is 4.98 Å². The molecule has 0 fully saturated rings. The normalized spacial score (nSPS) is 11.7. The lowest BCUT2D eigenvalue weighted by atomic mass is 10.1. The van der Waals surface area contributed by atoms with Crippen LogP contribution in [0.2, 0.25) is 0 Å².